The van der Waals surface area contributed by atoms with Gasteiger partial charge < -0.3 is 0 Å². The molecule has 0 amide bonds. The first-order valence-corrected chi connectivity index (χ1v) is 5.89. The molecule has 0 fully saturated rings. The van der Waals surface area contributed by atoms with Crippen LogP contribution in [0.3, 0.4) is 0 Å². The summed E-state index contributed by atoms with van der Waals surface area (Å²) < 4.78 is 0. The molecule has 0 saturated carbocycles. The topological polar surface area (TPSA) is 0 Å². The molecule has 1 aromatic carbocycles. The quantitative estimate of drug-likeness (QED) is 0.660. The molecular formula is C12H16Cl2. The van der Waals surface area contributed by atoms with Crippen molar-refractivity contribution in [2.75, 3.05) is 0 Å². The Morgan fingerprint density at radius 1 is 1.21 bits per heavy atom. The zero-order valence-corrected chi connectivity index (χ0v) is 10.2. The molecule has 0 N–H and O–H groups in total. The third kappa shape index (κ3) is 2.90. The highest BCUT2D eigenvalue weighted by molar-refractivity contribution is 6.35. The van der Waals surface area contributed by atoms with Crippen LogP contribution in [0.1, 0.15) is 44.6 Å². The highest BCUT2D eigenvalue weighted by Gasteiger charge is 2.11. The molecule has 0 nitrogen and oxygen atoms in total. The first-order valence-electron chi connectivity index (χ1n) is 5.14. The maximum absolute atomic E-state index is 6.15. The monoisotopic (exact) mass is 230 g/mol. The van der Waals surface area contributed by atoms with Crippen molar-refractivity contribution in [3.63, 3.8) is 0 Å². The second-order valence-electron chi connectivity index (χ2n) is 3.56. The lowest BCUT2D eigenvalue weighted by Gasteiger charge is -2.15. The molecule has 78 valence electrons. The highest BCUT2D eigenvalue weighted by atomic mass is 35.5. The molecular weight excluding hydrogens is 215 g/mol. The van der Waals surface area contributed by atoms with Crippen molar-refractivity contribution in [3.8, 4) is 0 Å². The van der Waals surface area contributed by atoms with Crippen LogP contribution < -0.4 is 0 Å². The van der Waals surface area contributed by atoms with Gasteiger partial charge in [0.25, 0.3) is 0 Å². The van der Waals surface area contributed by atoms with E-state index in [1.807, 2.05) is 12.1 Å². The summed E-state index contributed by atoms with van der Waals surface area (Å²) in [6.07, 6.45) is 3.52. The summed E-state index contributed by atoms with van der Waals surface area (Å²) in [4.78, 5) is 0. The van der Waals surface area contributed by atoms with Crippen LogP contribution in [0, 0.1) is 0 Å². The van der Waals surface area contributed by atoms with Crippen molar-refractivity contribution in [2.24, 2.45) is 0 Å². The normalized spacial score (nSPS) is 12.9. The van der Waals surface area contributed by atoms with E-state index in [-0.39, 0.29) is 0 Å². The Balaban J connectivity index is 2.92. The third-order valence-electron chi connectivity index (χ3n) is 2.53. The highest BCUT2D eigenvalue weighted by Crippen LogP contribution is 2.32. The van der Waals surface area contributed by atoms with Gasteiger partial charge in [-0.25, -0.2) is 0 Å². The summed E-state index contributed by atoms with van der Waals surface area (Å²) in [6, 6.07) is 5.80. The molecule has 0 spiro atoms. The fourth-order valence-corrected chi connectivity index (χ4v) is 2.32. The van der Waals surface area contributed by atoms with Crippen molar-refractivity contribution < 1.29 is 0 Å². The second kappa shape index (κ2) is 5.63. The van der Waals surface area contributed by atoms with E-state index in [2.05, 4.69) is 19.9 Å². The standard InChI is InChI=1S/C12H16Cl2/c1-3-5-9(4-2)11-7-6-10(13)8-12(11)14/h6-9H,3-5H2,1-2H3. The van der Waals surface area contributed by atoms with E-state index in [9.17, 15) is 0 Å². The minimum atomic E-state index is 0.574. The maximum atomic E-state index is 6.15. The fraction of sp³-hybridized carbons (Fsp3) is 0.500. The molecule has 1 unspecified atom stereocenters. The predicted octanol–water partition coefficient (Wildman–Crippen LogP) is 5.29. The molecule has 1 atom stereocenters. The largest absolute Gasteiger partial charge is 0.0843 e. The van der Waals surface area contributed by atoms with Gasteiger partial charge in [-0.2, -0.15) is 0 Å². The molecule has 0 aliphatic carbocycles. The minimum absolute atomic E-state index is 0.574. The number of halogens is 2. The first-order chi connectivity index (χ1) is 6.69. The lowest BCUT2D eigenvalue weighted by atomic mass is 9.92. The molecule has 0 aromatic heterocycles. The van der Waals surface area contributed by atoms with Gasteiger partial charge in [0.2, 0.25) is 0 Å². The van der Waals surface area contributed by atoms with Gasteiger partial charge >= 0.3 is 0 Å². The number of benzene rings is 1. The van der Waals surface area contributed by atoms with E-state index >= 15 is 0 Å². The lowest BCUT2D eigenvalue weighted by molar-refractivity contribution is 0.596. The van der Waals surface area contributed by atoms with Crippen LogP contribution >= 0.6 is 23.2 Å². The molecule has 14 heavy (non-hydrogen) atoms. The van der Waals surface area contributed by atoms with Crippen LogP contribution in [0.25, 0.3) is 0 Å². The minimum Gasteiger partial charge on any atom is -0.0843 e. The molecule has 0 aliphatic heterocycles. The Hall–Kier alpha value is -0.200. The van der Waals surface area contributed by atoms with Crippen molar-refractivity contribution in [1.82, 2.24) is 0 Å². The van der Waals surface area contributed by atoms with E-state index in [1.54, 1.807) is 0 Å². The summed E-state index contributed by atoms with van der Waals surface area (Å²) in [7, 11) is 0. The van der Waals surface area contributed by atoms with E-state index in [0.717, 1.165) is 11.4 Å². The molecule has 2 heteroatoms. The molecule has 0 radical (unpaired) electrons. The third-order valence-corrected chi connectivity index (χ3v) is 3.09. The summed E-state index contributed by atoms with van der Waals surface area (Å²) in [5.74, 6) is 0.574. The second-order valence-corrected chi connectivity index (χ2v) is 4.40. The molecule has 1 rings (SSSR count). The molecule has 0 aliphatic rings. The van der Waals surface area contributed by atoms with Gasteiger partial charge in [0.05, 0.1) is 0 Å². The van der Waals surface area contributed by atoms with Gasteiger partial charge in [0, 0.05) is 10.0 Å². The van der Waals surface area contributed by atoms with Crippen LogP contribution in [0.2, 0.25) is 10.0 Å². The SMILES string of the molecule is CCCC(CC)c1ccc(Cl)cc1Cl. The Labute approximate surface area is 96.2 Å². The van der Waals surface area contributed by atoms with E-state index in [1.165, 1.54) is 18.4 Å². The number of hydrogen-bond acceptors (Lipinski definition) is 0. The Bertz CT molecular complexity index is 294. The number of rotatable bonds is 4. The lowest BCUT2D eigenvalue weighted by Crippen LogP contribution is -1.97. The Kier molecular flexibility index (Phi) is 4.77. The molecule has 1 aromatic rings. The smallest absolute Gasteiger partial charge is 0.0455 e. The average Bonchev–Trinajstić information content (AvgIpc) is 2.15. The van der Waals surface area contributed by atoms with Gasteiger partial charge in [-0.05, 0) is 36.5 Å². The van der Waals surface area contributed by atoms with Crippen LogP contribution in [-0.4, -0.2) is 0 Å². The molecule has 0 heterocycles. The maximum Gasteiger partial charge on any atom is 0.0455 e. The van der Waals surface area contributed by atoms with Crippen molar-refractivity contribution in [2.45, 2.75) is 39.0 Å². The zero-order chi connectivity index (χ0) is 10.6. The number of hydrogen-bond donors (Lipinski definition) is 0. The van der Waals surface area contributed by atoms with Crippen LogP contribution in [0.4, 0.5) is 0 Å². The van der Waals surface area contributed by atoms with E-state index in [4.69, 9.17) is 23.2 Å². The molecule has 0 bridgehead atoms. The first kappa shape index (κ1) is 11.9. The van der Waals surface area contributed by atoms with Gasteiger partial charge in [-0.3, -0.25) is 0 Å². The summed E-state index contributed by atoms with van der Waals surface area (Å²) in [5, 5.41) is 1.52. The zero-order valence-electron chi connectivity index (χ0n) is 8.69. The van der Waals surface area contributed by atoms with Crippen LogP contribution in [0.5, 0.6) is 0 Å². The predicted molar refractivity (Wildman–Crippen MR) is 64.4 cm³/mol. The van der Waals surface area contributed by atoms with Gasteiger partial charge in [-0.15, -0.1) is 0 Å². The van der Waals surface area contributed by atoms with E-state index in [0.29, 0.717) is 10.9 Å². The van der Waals surface area contributed by atoms with Crippen molar-refractivity contribution in [1.29, 1.82) is 0 Å². The summed E-state index contributed by atoms with van der Waals surface area (Å²) in [6.45, 7) is 4.40. The Morgan fingerprint density at radius 2 is 1.93 bits per heavy atom. The van der Waals surface area contributed by atoms with Crippen molar-refractivity contribution in [3.05, 3.63) is 33.8 Å². The van der Waals surface area contributed by atoms with Crippen LogP contribution in [0.15, 0.2) is 18.2 Å². The van der Waals surface area contributed by atoms with Gasteiger partial charge in [0.1, 0.15) is 0 Å². The summed E-state index contributed by atoms with van der Waals surface area (Å²) in [5.41, 5.74) is 1.24. The average molecular weight is 231 g/mol. The van der Waals surface area contributed by atoms with E-state index < -0.39 is 0 Å². The van der Waals surface area contributed by atoms with Crippen molar-refractivity contribution >= 4 is 23.2 Å². The van der Waals surface area contributed by atoms with Crippen LogP contribution in [-0.2, 0) is 0 Å². The molecule has 0 saturated heterocycles. The summed E-state index contributed by atoms with van der Waals surface area (Å²) >= 11 is 12.0. The van der Waals surface area contributed by atoms with Gasteiger partial charge in [-0.1, -0.05) is 49.5 Å². The fourth-order valence-electron chi connectivity index (χ4n) is 1.76. The van der Waals surface area contributed by atoms with Gasteiger partial charge in [0.15, 0.2) is 0 Å². The Morgan fingerprint density at radius 3 is 2.43 bits per heavy atom.